The lowest BCUT2D eigenvalue weighted by molar-refractivity contribution is 0.454. The van der Waals surface area contributed by atoms with E-state index in [0.29, 0.717) is 5.92 Å². The van der Waals surface area contributed by atoms with E-state index in [1.165, 1.54) is 0 Å². The third-order valence-electron chi connectivity index (χ3n) is 3.51. The maximum atomic E-state index is 13.6. The average molecular weight is 233 g/mol. The SMILES string of the molecule is Cc1cc2cc(F)cc(C3CCNCC3)c2o1. The van der Waals surface area contributed by atoms with Crippen LogP contribution in [-0.2, 0) is 0 Å². The third kappa shape index (κ3) is 1.95. The fraction of sp³-hybridized carbons (Fsp3) is 0.429. The maximum Gasteiger partial charge on any atom is 0.137 e. The molecule has 1 N–H and O–H groups in total. The van der Waals surface area contributed by atoms with Crippen LogP contribution in [0.25, 0.3) is 11.0 Å². The number of rotatable bonds is 1. The van der Waals surface area contributed by atoms with Crippen LogP contribution in [0.15, 0.2) is 22.6 Å². The molecule has 17 heavy (non-hydrogen) atoms. The Morgan fingerprint density at radius 2 is 2.00 bits per heavy atom. The molecule has 0 saturated carbocycles. The summed E-state index contributed by atoms with van der Waals surface area (Å²) in [5, 5.41) is 4.21. The minimum Gasteiger partial charge on any atom is -0.461 e. The molecule has 0 unspecified atom stereocenters. The van der Waals surface area contributed by atoms with E-state index in [0.717, 1.165) is 48.2 Å². The maximum absolute atomic E-state index is 13.6. The number of hydrogen-bond donors (Lipinski definition) is 1. The van der Waals surface area contributed by atoms with Crippen LogP contribution in [-0.4, -0.2) is 13.1 Å². The van der Waals surface area contributed by atoms with E-state index in [9.17, 15) is 4.39 Å². The lowest BCUT2D eigenvalue weighted by atomic mass is 9.89. The van der Waals surface area contributed by atoms with Crippen molar-refractivity contribution >= 4 is 11.0 Å². The fourth-order valence-corrected chi connectivity index (χ4v) is 2.71. The van der Waals surface area contributed by atoms with Gasteiger partial charge in [0.05, 0.1) is 0 Å². The molecule has 0 aliphatic carbocycles. The number of fused-ring (bicyclic) bond motifs is 1. The van der Waals surface area contributed by atoms with Crippen molar-refractivity contribution in [2.75, 3.05) is 13.1 Å². The summed E-state index contributed by atoms with van der Waals surface area (Å²) in [5.41, 5.74) is 1.91. The van der Waals surface area contributed by atoms with Gasteiger partial charge >= 0.3 is 0 Å². The second-order valence-electron chi connectivity index (χ2n) is 4.79. The van der Waals surface area contributed by atoms with Crippen LogP contribution in [0.5, 0.6) is 0 Å². The molecule has 2 heterocycles. The number of nitrogens with one attached hydrogen (secondary N) is 1. The zero-order chi connectivity index (χ0) is 11.8. The summed E-state index contributed by atoms with van der Waals surface area (Å²) in [6.07, 6.45) is 2.11. The van der Waals surface area contributed by atoms with Gasteiger partial charge in [0.1, 0.15) is 17.2 Å². The predicted molar refractivity (Wildman–Crippen MR) is 65.8 cm³/mol. The van der Waals surface area contributed by atoms with E-state index in [-0.39, 0.29) is 5.82 Å². The number of piperidine rings is 1. The third-order valence-corrected chi connectivity index (χ3v) is 3.51. The van der Waals surface area contributed by atoms with Gasteiger partial charge in [0.15, 0.2) is 0 Å². The smallest absolute Gasteiger partial charge is 0.137 e. The van der Waals surface area contributed by atoms with E-state index in [1.807, 2.05) is 13.0 Å². The molecule has 0 atom stereocenters. The van der Waals surface area contributed by atoms with Crippen molar-refractivity contribution in [2.24, 2.45) is 0 Å². The van der Waals surface area contributed by atoms with Crippen LogP contribution >= 0.6 is 0 Å². The second-order valence-corrected chi connectivity index (χ2v) is 4.79. The van der Waals surface area contributed by atoms with Gasteiger partial charge in [-0.15, -0.1) is 0 Å². The Morgan fingerprint density at radius 3 is 2.76 bits per heavy atom. The molecule has 2 nitrogen and oxygen atoms in total. The van der Waals surface area contributed by atoms with Gasteiger partial charge in [-0.3, -0.25) is 0 Å². The van der Waals surface area contributed by atoms with Crippen molar-refractivity contribution in [3.8, 4) is 0 Å². The Balaban J connectivity index is 2.12. The highest BCUT2D eigenvalue weighted by Gasteiger charge is 2.20. The topological polar surface area (TPSA) is 25.2 Å². The van der Waals surface area contributed by atoms with Crippen molar-refractivity contribution in [3.05, 3.63) is 35.3 Å². The summed E-state index contributed by atoms with van der Waals surface area (Å²) in [6.45, 7) is 3.91. The molecule has 1 saturated heterocycles. The normalized spacial score (nSPS) is 17.8. The van der Waals surface area contributed by atoms with E-state index < -0.39 is 0 Å². The summed E-state index contributed by atoms with van der Waals surface area (Å²) in [6, 6.07) is 5.10. The Hall–Kier alpha value is -1.35. The number of halogens is 1. The van der Waals surface area contributed by atoms with Gasteiger partial charge in [0, 0.05) is 10.9 Å². The molecular weight excluding hydrogens is 217 g/mol. The highest BCUT2D eigenvalue weighted by molar-refractivity contribution is 5.81. The second kappa shape index (κ2) is 4.15. The molecule has 3 rings (SSSR count). The molecule has 1 aliphatic rings. The highest BCUT2D eigenvalue weighted by Crippen LogP contribution is 2.33. The Morgan fingerprint density at radius 1 is 1.24 bits per heavy atom. The van der Waals surface area contributed by atoms with Gasteiger partial charge in [-0.2, -0.15) is 0 Å². The van der Waals surface area contributed by atoms with Crippen LogP contribution in [0.1, 0.15) is 30.1 Å². The number of hydrogen-bond acceptors (Lipinski definition) is 2. The van der Waals surface area contributed by atoms with Gasteiger partial charge in [-0.25, -0.2) is 4.39 Å². The molecule has 1 aromatic heterocycles. The first kappa shape index (κ1) is 10.8. The number of furan rings is 1. The van der Waals surface area contributed by atoms with E-state index in [1.54, 1.807) is 12.1 Å². The molecule has 0 amide bonds. The lowest BCUT2D eigenvalue weighted by Crippen LogP contribution is -2.26. The minimum atomic E-state index is -0.160. The monoisotopic (exact) mass is 233 g/mol. The Kier molecular flexibility index (Phi) is 2.63. The average Bonchev–Trinajstić information content (AvgIpc) is 2.69. The van der Waals surface area contributed by atoms with Gasteiger partial charge in [0.25, 0.3) is 0 Å². The highest BCUT2D eigenvalue weighted by atomic mass is 19.1. The molecule has 0 radical (unpaired) electrons. The van der Waals surface area contributed by atoms with Crippen LogP contribution in [0.3, 0.4) is 0 Å². The largest absolute Gasteiger partial charge is 0.461 e. The van der Waals surface area contributed by atoms with Crippen molar-refractivity contribution < 1.29 is 8.81 Å². The van der Waals surface area contributed by atoms with Crippen molar-refractivity contribution in [1.82, 2.24) is 5.32 Å². The summed E-state index contributed by atoms with van der Waals surface area (Å²) in [7, 11) is 0. The first-order valence-corrected chi connectivity index (χ1v) is 6.14. The van der Waals surface area contributed by atoms with Crippen LogP contribution < -0.4 is 5.32 Å². The number of aryl methyl sites for hydroxylation is 1. The standard InChI is InChI=1S/C14H16FNO/c1-9-6-11-7-12(15)8-13(14(11)17-9)10-2-4-16-5-3-10/h6-8,10,16H,2-5H2,1H3. The molecule has 90 valence electrons. The van der Waals surface area contributed by atoms with E-state index in [2.05, 4.69) is 5.32 Å². The molecule has 0 bridgehead atoms. The number of benzene rings is 1. The zero-order valence-corrected chi connectivity index (χ0v) is 9.92. The van der Waals surface area contributed by atoms with Gasteiger partial charge in [-0.05, 0) is 57.0 Å². The Labute approximate surface area is 99.8 Å². The summed E-state index contributed by atoms with van der Waals surface area (Å²) < 4.78 is 19.3. The summed E-state index contributed by atoms with van der Waals surface area (Å²) >= 11 is 0. The minimum absolute atomic E-state index is 0.160. The summed E-state index contributed by atoms with van der Waals surface area (Å²) in [5.74, 6) is 1.10. The van der Waals surface area contributed by atoms with E-state index in [4.69, 9.17) is 4.42 Å². The predicted octanol–water partition coefficient (Wildman–Crippen LogP) is 3.35. The van der Waals surface area contributed by atoms with E-state index >= 15 is 0 Å². The quantitative estimate of drug-likeness (QED) is 0.817. The molecule has 1 aliphatic heterocycles. The first-order chi connectivity index (χ1) is 8.24. The molecule has 0 spiro atoms. The Bertz CT molecular complexity index is 540. The van der Waals surface area contributed by atoms with Gasteiger partial charge in [-0.1, -0.05) is 0 Å². The summed E-state index contributed by atoms with van der Waals surface area (Å²) in [4.78, 5) is 0. The van der Waals surface area contributed by atoms with Crippen LogP contribution in [0.4, 0.5) is 4.39 Å². The molecule has 2 aromatic rings. The van der Waals surface area contributed by atoms with Crippen LogP contribution in [0, 0.1) is 12.7 Å². The first-order valence-electron chi connectivity index (χ1n) is 6.14. The van der Waals surface area contributed by atoms with Crippen molar-refractivity contribution in [3.63, 3.8) is 0 Å². The van der Waals surface area contributed by atoms with Crippen molar-refractivity contribution in [1.29, 1.82) is 0 Å². The molecule has 3 heteroatoms. The molecule has 1 fully saturated rings. The fourth-order valence-electron chi connectivity index (χ4n) is 2.71. The zero-order valence-electron chi connectivity index (χ0n) is 9.92. The molecule has 1 aromatic carbocycles. The van der Waals surface area contributed by atoms with Crippen LogP contribution in [0.2, 0.25) is 0 Å². The van der Waals surface area contributed by atoms with Crippen molar-refractivity contribution in [2.45, 2.75) is 25.7 Å². The van der Waals surface area contributed by atoms with Gasteiger partial charge < -0.3 is 9.73 Å². The molecular formula is C14H16FNO. The lowest BCUT2D eigenvalue weighted by Gasteiger charge is -2.23. The van der Waals surface area contributed by atoms with Gasteiger partial charge in [0.2, 0.25) is 0 Å².